The van der Waals surface area contributed by atoms with Crippen LogP contribution in [0.2, 0.25) is 0 Å². The van der Waals surface area contributed by atoms with Gasteiger partial charge in [-0.2, -0.15) is 4.98 Å². The number of urea groups is 1. The number of anilines is 2. The Morgan fingerprint density at radius 3 is 2.65 bits per heavy atom. The number of hydrogen-bond donors (Lipinski definition) is 2. The predicted molar refractivity (Wildman–Crippen MR) is 102 cm³/mol. The van der Waals surface area contributed by atoms with Crippen LogP contribution < -0.4 is 10.6 Å². The van der Waals surface area contributed by atoms with Crippen LogP contribution in [0.1, 0.15) is 5.56 Å². The topological polar surface area (TPSA) is 71.3 Å². The number of fused-ring (bicyclic) bond motifs is 1. The first-order valence-electron chi connectivity index (χ1n) is 8.24. The smallest absolute Gasteiger partial charge is 0.308 e. The summed E-state index contributed by atoms with van der Waals surface area (Å²) in [5.74, 6) is 0.984. The van der Waals surface area contributed by atoms with E-state index in [4.69, 9.17) is 0 Å². The molecule has 26 heavy (non-hydrogen) atoms. The first kappa shape index (κ1) is 15.8. The van der Waals surface area contributed by atoms with Crippen LogP contribution in [0.3, 0.4) is 0 Å². The minimum absolute atomic E-state index is 0.351. The van der Waals surface area contributed by atoms with Crippen molar-refractivity contribution < 1.29 is 4.79 Å². The maximum absolute atomic E-state index is 12.5. The molecule has 0 fully saturated rings. The molecule has 4 rings (SSSR count). The largest absolute Gasteiger partial charge is 0.324 e. The van der Waals surface area contributed by atoms with Gasteiger partial charge in [0.1, 0.15) is 0 Å². The van der Waals surface area contributed by atoms with Crippen molar-refractivity contribution in [1.29, 1.82) is 0 Å². The van der Waals surface area contributed by atoms with Crippen LogP contribution in [0.5, 0.6) is 0 Å². The van der Waals surface area contributed by atoms with Gasteiger partial charge in [-0.1, -0.05) is 42.5 Å². The molecule has 0 aliphatic carbocycles. The second-order valence-corrected chi connectivity index (χ2v) is 5.91. The molecule has 0 bridgehead atoms. The average Bonchev–Trinajstić information content (AvgIpc) is 3.00. The van der Waals surface area contributed by atoms with Crippen molar-refractivity contribution in [3.8, 4) is 11.3 Å². The first-order chi connectivity index (χ1) is 12.7. The summed E-state index contributed by atoms with van der Waals surface area (Å²) in [5, 5.41) is 5.68. The summed E-state index contributed by atoms with van der Waals surface area (Å²) in [7, 11) is 0. The van der Waals surface area contributed by atoms with E-state index in [9.17, 15) is 4.79 Å². The Morgan fingerprint density at radius 1 is 1.00 bits per heavy atom. The number of amides is 2. The zero-order valence-electron chi connectivity index (χ0n) is 14.2. The molecule has 2 amide bonds. The number of benzene rings is 2. The molecular formula is C20H17N5O. The molecule has 6 heteroatoms. The highest BCUT2D eigenvalue weighted by atomic mass is 16.2. The van der Waals surface area contributed by atoms with Crippen molar-refractivity contribution >= 4 is 23.3 Å². The summed E-state index contributed by atoms with van der Waals surface area (Å²) in [6.45, 7) is 1.98. The minimum Gasteiger partial charge on any atom is -0.308 e. The van der Waals surface area contributed by atoms with Crippen LogP contribution in [0, 0.1) is 6.92 Å². The van der Waals surface area contributed by atoms with Crippen molar-refractivity contribution in [2.45, 2.75) is 6.92 Å². The van der Waals surface area contributed by atoms with E-state index < -0.39 is 0 Å². The van der Waals surface area contributed by atoms with Gasteiger partial charge in [-0.15, -0.1) is 0 Å². The van der Waals surface area contributed by atoms with Crippen LogP contribution in [0.4, 0.5) is 16.3 Å². The Hall–Kier alpha value is -3.67. The van der Waals surface area contributed by atoms with Gasteiger partial charge >= 0.3 is 6.03 Å². The van der Waals surface area contributed by atoms with Crippen LogP contribution in [-0.4, -0.2) is 20.4 Å². The predicted octanol–water partition coefficient (Wildman–Crippen LogP) is 4.35. The number of carbonyl (C=O) groups is 1. The zero-order chi connectivity index (χ0) is 17.9. The van der Waals surface area contributed by atoms with Crippen LogP contribution in [-0.2, 0) is 0 Å². The summed E-state index contributed by atoms with van der Waals surface area (Å²) < 4.78 is 1.86. The minimum atomic E-state index is -0.351. The van der Waals surface area contributed by atoms with Crippen LogP contribution in [0.15, 0.2) is 73.1 Å². The highest BCUT2D eigenvalue weighted by Gasteiger charge is 2.16. The van der Waals surface area contributed by atoms with E-state index in [1.54, 1.807) is 6.20 Å². The molecule has 0 saturated heterocycles. The quantitative estimate of drug-likeness (QED) is 0.581. The Bertz CT molecular complexity index is 1070. The number of carbonyl (C=O) groups excluding carboxylic acids is 1. The van der Waals surface area contributed by atoms with Gasteiger partial charge in [-0.25, -0.2) is 9.78 Å². The molecule has 4 aromatic rings. The van der Waals surface area contributed by atoms with E-state index in [-0.39, 0.29) is 6.03 Å². The number of nitrogens with zero attached hydrogens (tertiary/aromatic N) is 3. The standard InChI is InChI=1S/C20H17N5O/c1-14-7-5-10-16(13-14)22-20(26)24-18-17(15-8-3-2-4-9-15)25-12-6-11-21-19(25)23-18/h2-13H,1H3,(H2,22,24,26). The second kappa shape index (κ2) is 6.68. The van der Waals surface area contributed by atoms with Gasteiger partial charge in [0.2, 0.25) is 5.78 Å². The second-order valence-electron chi connectivity index (χ2n) is 5.91. The summed E-state index contributed by atoms with van der Waals surface area (Å²) in [4.78, 5) is 21.2. The van der Waals surface area contributed by atoms with Gasteiger partial charge in [-0.3, -0.25) is 9.72 Å². The van der Waals surface area contributed by atoms with Crippen LogP contribution in [0.25, 0.3) is 17.0 Å². The lowest BCUT2D eigenvalue weighted by molar-refractivity contribution is 0.262. The maximum Gasteiger partial charge on any atom is 0.324 e. The molecule has 2 heterocycles. The number of imidazole rings is 1. The molecular weight excluding hydrogens is 326 g/mol. The van der Waals surface area contributed by atoms with E-state index in [1.165, 1.54) is 0 Å². The van der Waals surface area contributed by atoms with Gasteiger partial charge in [0.15, 0.2) is 5.82 Å². The van der Waals surface area contributed by atoms with E-state index in [0.717, 1.165) is 22.5 Å². The van der Waals surface area contributed by atoms with Crippen LogP contribution >= 0.6 is 0 Å². The van der Waals surface area contributed by atoms with E-state index >= 15 is 0 Å². The monoisotopic (exact) mass is 343 g/mol. The SMILES string of the molecule is Cc1cccc(NC(=O)Nc2nc3ncccn3c2-c2ccccc2)c1. The summed E-state index contributed by atoms with van der Waals surface area (Å²) in [5.41, 5.74) is 3.53. The zero-order valence-corrected chi connectivity index (χ0v) is 14.2. The van der Waals surface area contributed by atoms with Crippen molar-refractivity contribution in [1.82, 2.24) is 14.4 Å². The van der Waals surface area contributed by atoms with Gasteiger partial charge < -0.3 is 5.32 Å². The molecule has 0 saturated carbocycles. The first-order valence-corrected chi connectivity index (χ1v) is 8.24. The Labute approximate surface area is 150 Å². The molecule has 0 unspecified atom stereocenters. The van der Waals surface area contributed by atoms with Crippen molar-refractivity contribution in [3.05, 3.63) is 78.6 Å². The van der Waals surface area contributed by atoms with Crippen molar-refractivity contribution in [2.75, 3.05) is 10.6 Å². The van der Waals surface area contributed by atoms with E-state index in [1.807, 2.05) is 78.2 Å². The fraction of sp³-hybridized carbons (Fsp3) is 0.0500. The molecule has 128 valence electrons. The highest BCUT2D eigenvalue weighted by Crippen LogP contribution is 2.28. The lowest BCUT2D eigenvalue weighted by atomic mass is 10.1. The Morgan fingerprint density at radius 2 is 1.85 bits per heavy atom. The summed E-state index contributed by atoms with van der Waals surface area (Å²) in [6.07, 6.45) is 3.55. The number of nitrogens with one attached hydrogen (secondary N) is 2. The lowest BCUT2D eigenvalue weighted by Crippen LogP contribution is -2.20. The molecule has 0 radical (unpaired) electrons. The van der Waals surface area contributed by atoms with Gasteiger partial charge in [0, 0.05) is 23.6 Å². The third-order valence-electron chi connectivity index (χ3n) is 3.96. The van der Waals surface area contributed by atoms with Gasteiger partial charge in [-0.05, 0) is 30.7 Å². The van der Waals surface area contributed by atoms with E-state index in [0.29, 0.717) is 11.6 Å². The molecule has 0 atom stereocenters. The molecule has 2 aromatic heterocycles. The maximum atomic E-state index is 12.5. The van der Waals surface area contributed by atoms with Crippen molar-refractivity contribution in [3.63, 3.8) is 0 Å². The third-order valence-corrected chi connectivity index (χ3v) is 3.96. The molecule has 0 aliphatic rings. The van der Waals surface area contributed by atoms with Crippen molar-refractivity contribution in [2.24, 2.45) is 0 Å². The Kier molecular flexibility index (Phi) is 4.07. The molecule has 0 aliphatic heterocycles. The molecule has 6 nitrogen and oxygen atoms in total. The summed E-state index contributed by atoms with van der Waals surface area (Å²) >= 11 is 0. The molecule has 2 aromatic carbocycles. The fourth-order valence-electron chi connectivity index (χ4n) is 2.84. The number of hydrogen-bond acceptors (Lipinski definition) is 3. The number of aryl methyl sites for hydroxylation is 1. The van der Waals surface area contributed by atoms with Gasteiger partial charge in [0.05, 0.1) is 5.69 Å². The van der Waals surface area contributed by atoms with Gasteiger partial charge in [0.25, 0.3) is 0 Å². The third kappa shape index (κ3) is 3.12. The average molecular weight is 343 g/mol. The molecule has 2 N–H and O–H groups in total. The fourth-order valence-corrected chi connectivity index (χ4v) is 2.84. The Balaban J connectivity index is 1.69. The van der Waals surface area contributed by atoms with E-state index in [2.05, 4.69) is 20.6 Å². The molecule has 0 spiro atoms. The number of rotatable bonds is 3. The highest BCUT2D eigenvalue weighted by molar-refractivity contribution is 6.01. The summed E-state index contributed by atoms with van der Waals surface area (Å²) in [6, 6.07) is 18.9. The normalized spacial score (nSPS) is 10.7. The lowest BCUT2D eigenvalue weighted by Gasteiger charge is -2.09. The number of aromatic nitrogens is 3.